The Hall–Kier alpha value is -4.71. The molecule has 4 aromatic rings. The maximum Gasteiger partial charge on any atom is 0.294 e. The van der Waals surface area contributed by atoms with Gasteiger partial charge in [0.15, 0.2) is 11.5 Å². The monoisotopic (exact) mass is 492 g/mol. The van der Waals surface area contributed by atoms with Crippen LogP contribution < -0.4 is 15.0 Å². The molecule has 1 aliphatic heterocycles. The Labute approximate surface area is 214 Å². The lowest BCUT2D eigenvalue weighted by molar-refractivity contribution is -0.117. The van der Waals surface area contributed by atoms with Gasteiger partial charge >= 0.3 is 0 Å². The van der Waals surface area contributed by atoms with Gasteiger partial charge in [-0.1, -0.05) is 66.2 Å². The molecule has 5 rings (SSSR count). The minimum absolute atomic E-state index is 0.208. The molecule has 2 amide bonds. The van der Waals surface area contributed by atoms with E-state index < -0.39 is 0 Å². The van der Waals surface area contributed by atoms with Crippen molar-refractivity contribution in [1.82, 2.24) is 5.32 Å². The molecule has 6 heteroatoms. The molecule has 5 nitrogen and oxygen atoms in total. The molecule has 0 unspecified atom stereocenters. The second-order valence-corrected chi connectivity index (χ2v) is 8.89. The number of amides is 2. The second-order valence-electron chi connectivity index (χ2n) is 8.89. The Bertz CT molecular complexity index is 1480. The van der Waals surface area contributed by atoms with Gasteiger partial charge in [-0.25, -0.2) is 4.39 Å². The first kappa shape index (κ1) is 24.0. The van der Waals surface area contributed by atoms with Gasteiger partial charge in [-0.15, -0.1) is 0 Å². The largest absolute Gasteiger partial charge is 0.449 e. The van der Waals surface area contributed by atoms with Crippen LogP contribution in [0, 0.1) is 12.7 Å². The highest BCUT2D eigenvalue weighted by atomic mass is 19.1. The van der Waals surface area contributed by atoms with Gasteiger partial charge in [0, 0.05) is 12.1 Å². The number of halogens is 1. The minimum atomic E-state index is -0.318. The van der Waals surface area contributed by atoms with E-state index in [1.807, 2.05) is 49.4 Å². The molecule has 0 saturated carbocycles. The Kier molecular flexibility index (Phi) is 6.81. The molecule has 1 N–H and O–H groups in total. The van der Waals surface area contributed by atoms with Crippen molar-refractivity contribution in [2.24, 2.45) is 0 Å². The fraction of sp³-hybridized carbons (Fsp3) is 0.0968. The van der Waals surface area contributed by atoms with Crippen LogP contribution in [0.2, 0.25) is 0 Å². The molecule has 0 bridgehead atoms. The maximum absolute atomic E-state index is 13.4. The van der Waals surface area contributed by atoms with Crippen LogP contribution in [0.3, 0.4) is 0 Å². The van der Waals surface area contributed by atoms with Crippen molar-refractivity contribution in [2.45, 2.75) is 20.0 Å². The van der Waals surface area contributed by atoms with Crippen molar-refractivity contribution in [3.05, 3.63) is 136 Å². The number of nitrogens with zero attached hydrogens (tertiary/aromatic N) is 1. The van der Waals surface area contributed by atoms with Crippen LogP contribution in [0.25, 0.3) is 6.08 Å². The highest BCUT2D eigenvalue weighted by molar-refractivity contribution is 6.09. The average Bonchev–Trinajstić information content (AvgIpc) is 2.91. The summed E-state index contributed by atoms with van der Waals surface area (Å²) in [5.41, 5.74) is 4.89. The number of hydrogen-bond donors (Lipinski definition) is 1. The maximum atomic E-state index is 13.4. The molecule has 1 heterocycles. The van der Waals surface area contributed by atoms with Gasteiger partial charge < -0.3 is 10.1 Å². The molecule has 1 aliphatic rings. The summed E-state index contributed by atoms with van der Waals surface area (Å²) < 4.78 is 19.0. The van der Waals surface area contributed by atoms with Crippen molar-refractivity contribution in [1.29, 1.82) is 0 Å². The molecule has 0 saturated heterocycles. The van der Waals surface area contributed by atoms with Crippen LogP contribution in [0.4, 0.5) is 10.1 Å². The van der Waals surface area contributed by atoms with Crippen LogP contribution in [-0.2, 0) is 17.9 Å². The van der Waals surface area contributed by atoms with E-state index in [9.17, 15) is 14.0 Å². The zero-order valence-electron chi connectivity index (χ0n) is 20.3. The summed E-state index contributed by atoms with van der Waals surface area (Å²) in [5.74, 6) is 0.0211. The third kappa shape index (κ3) is 5.59. The molecule has 37 heavy (non-hydrogen) atoms. The van der Waals surface area contributed by atoms with Crippen LogP contribution in [0.1, 0.15) is 32.6 Å². The molecular formula is C31H25FN2O3. The standard InChI is InChI=1S/C31H25FN2O3/c1-21-5-4-6-24(17-21)20-34-27-7-2-3-8-28(27)37-29(31(34)36)18-22-9-13-25(14-10-22)30(35)33-19-23-11-15-26(32)16-12-23/h2-18H,19-20H2,1H3,(H,33,35). The summed E-state index contributed by atoms with van der Waals surface area (Å²) in [7, 11) is 0. The molecule has 0 radical (unpaired) electrons. The van der Waals surface area contributed by atoms with Crippen molar-refractivity contribution < 1.29 is 18.7 Å². The number of anilines is 1. The number of para-hydroxylation sites is 2. The number of fused-ring (bicyclic) bond motifs is 1. The predicted octanol–water partition coefficient (Wildman–Crippen LogP) is 6.03. The molecular weight excluding hydrogens is 467 g/mol. The van der Waals surface area contributed by atoms with Gasteiger partial charge in [0.25, 0.3) is 11.8 Å². The highest BCUT2D eigenvalue weighted by Crippen LogP contribution is 2.36. The van der Waals surface area contributed by atoms with E-state index in [0.29, 0.717) is 24.4 Å². The highest BCUT2D eigenvalue weighted by Gasteiger charge is 2.30. The normalized spacial score (nSPS) is 13.7. The third-order valence-electron chi connectivity index (χ3n) is 6.09. The fourth-order valence-electron chi connectivity index (χ4n) is 4.18. The minimum Gasteiger partial charge on any atom is -0.449 e. The summed E-state index contributed by atoms with van der Waals surface area (Å²) in [6.45, 7) is 2.74. The number of nitrogens with one attached hydrogen (secondary N) is 1. The smallest absolute Gasteiger partial charge is 0.294 e. The summed E-state index contributed by atoms with van der Waals surface area (Å²) in [5, 5.41) is 2.82. The number of carbonyl (C=O) groups is 2. The van der Waals surface area contributed by atoms with Crippen LogP contribution in [0.15, 0.2) is 103 Å². The SMILES string of the molecule is Cc1cccc(CN2C(=O)C(=Cc3ccc(C(=O)NCc4ccc(F)cc4)cc3)Oc3ccccc32)c1. The van der Waals surface area contributed by atoms with Gasteiger partial charge in [0.05, 0.1) is 12.2 Å². The first-order valence-corrected chi connectivity index (χ1v) is 11.9. The van der Waals surface area contributed by atoms with Crippen LogP contribution >= 0.6 is 0 Å². The van der Waals surface area contributed by atoms with E-state index in [2.05, 4.69) is 11.4 Å². The van der Waals surface area contributed by atoms with E-state index in [-0.39, 0.29) is 23.4 Å². The lowest BCUT2D eigenvalue weighted by Gasteiger charge is -2.30. The number of rotatable bonds is 6. The van der Waals surface area contributed by atoms with Gasteiger partial charge in [-0.2, -0.15) is 0 Å². The Morgan fingerprint density at radius 2 is 1.68 bits per heavy atom. The van der Waals surface area contributed by atoms with Crippen molar-refractivity contribution >= 4 is 23.6 Å². The summed E-state index contributed by atoms with van der Waals surface area (Å²) in [6.07, 6.45) is 1.68. The quantitative estimate of drug-likeness (QED) is 0.334. The van der Waals surface area contributed by atoms with Gasteiger partial charge in [0.1, 0.15) is 5.82 Å². The van der Waals surface area contributed by atoms with E-state index >= 15 is 0 Å². The number of ether oxygens (including phenoxy) is 1. The van der Waals surface area contributed by atoms with Gasteiger partial charge in [-0.3, -0.25) is 14.5 Å². The van der Waals surface area contributed by atoms with E-state index in [1.165, 1.54) is 12.1 Å². The van der Waals surface area contributed by atoms with Crippen molar-refractivity contribution in [3.63, 3.8) is 0 Å². The first-order chi connectivity index (χ1) is 18.0. The molecule has 0 fully saturated rings. The van der Waals surface area contributed by atoms with Crippen molar-refractivity contribution in [2.75, 3.05) is 4.90 Å². The van der Waals surface area contributed by atoms with Crippen LogP contribution in [0.5, 0.6) is 5.75 Å². The van der Waals surface area contributed by atoms with E-state index in [1.54, 1.807) is 47.4 Å². The Balaban J connectivity index is 1.33. The summed E-state index contributed by atoms with van der Waals surface area (Å²) in [6, 6.07) is 28.4. The van der Waals surface area contributed by atoms with E-state index in [0.717, 1.165) is 27.9 Å². The average molecular weight is 493 g/mol. The zero-order valence-corrected chi connectivity index (χ0v) is 20.3. The summed E-state index contributed by atoms with van der Waals surface area (Å²) >= 11 is 0. The number of aryl methyl sites for hydroxylation is 1. The van der Waals surface area contributed by atoms with Crippen LogP contribution in [-0.4, -0.2) is 11.8 Å². The fourth-order valence-corrected chi connectivity index (χ4v) is 4.18. The second kappa shape index (κ2) is 10.5. The molecule has 0 atom stereocenters. The molecule has 0 spiro atoms. The summed E-state index contributed by atoms with van der Waals surface area (Å²) in [4.78, 5) is 27.7. The number of hydrogen-bond acceptors (Lipinski definition) is 3. The third-order valence-corrected chi connectivity index (χ3v) is 6.09. The van der Waals surface area contributed by atoms with Crippen molar-refractivity contribution in [3.8, 4) is 5.75 Å². The molecule has 184 valence electrons. The molecule has 4 aromatic carbocycles. The molecule has 0 aliphatic carbocycles. The number of benzene rings is 4. The predicted molar refractivity (Wildman–Crippen MR) is 141 cm³/mol. The van der Waals surface area contributed by atoms with E-state index in [4.69, 9.17) is 4.74 Å². The Morgan fingerprint density at radius 1 is 0.919 bits per heavy atom. The number of carbonyl (C=O) groups excluding carboxylic acids is 2. The van der Waals surface area contributed by atoms with Gasteiger partial charge in [-0.05, 0) is 66.1 Å². The molecule has 0 aromatic heterocycles. The lowest BCUT2D eigenvalue weighted by atomic mass is 10.1. The topological polar surface area (TPSA) is 58.6 Å². The van der Waals surface area contributed by atoms with Gasteiger partial charge in [0.2, 0.25) is 0 Å². The first-order valence-electron chi connectivity index (χ1n) is 11.9. The lowest BCUT2D eigenvalue weighted by Crippen LogP contribution is -2.36. The Morgan fingerprint density at radius 3 is 2.43 bits per heavy atom. The zero-order chi connectivity index (χ0) is 25.8.